The zero-order chi connectivity index (χ0) is 18.1. The molecule has 2 aromatic rings. The van der Waals surface area contributed by atoms with E-state index in [1.807, 2.05) is 12.1 Å². The Morgan fingerprint density at radius 3 is 2.04 bits per heavy atom. The summed E-state index contributed by atoms with van der Waals surface area (Å²) >= 11 is 11.2. The minimum absolute atomic E-state index is 0.000617. The third kappa shape index (κ3) is 6.05. The second-order valence-corrected chi connectivity index (χ2v) is 5.03. The number of carboxylic acid groups (broad SMARTS) is 1. The van der Waals surface area contributed by atoms with Gasteiger partial charge >= 0.3 is 5.97 Å². The van der Waals surface area contributed by atoms with Gasteiger partial charge in [0.2, 0.25) is 0 Å². The lowest BCUT2D eigenvalue weighted by molar-refractivity contribution is -0.139. The van der Waals surface area contributed by atoms with Gasteiger partial charge in [0.05, 0.1) is 33.3 Å². The smallest absolute Gasteiger partial charge is 0.341 e. The first kappa shape index (κ1) is 19.1. The van der Waals surface area contributed by atoms with Crippen LogP contribution in [-0.4, -0.2) is 22.8 Å². The van der Waals surface area contributed by atoms with Gasteiger partial charge in [-0.25, -0.2) is 4.79 Å². The molecule has 0 unspecified atom stereocenters. The molecule has 122 valence electrons. The fraction of sp³-hybridized carbons (Fsp3) is 0.0625. The second-order valence-electron chi connectivity index (χ2n) is 4.22. The van der Waals surface area contributed by atoms with Gasteiger partial charge in [-0.05, 0) is 36.4 Å². The highest BCUT2D eigenvalue weighted by molar-refractivity contribution is 6.32. The van der Waals surface area contributed by atoms with Crippen LogP contribution in [0.3, 0.4) is 0 Å². The molecule has 24 heavy (non-hydrogen) atoms. The van der Waals surface area contributed by atoms with Crippen LogP contribution < -0.4 is 4.74 Å². The summed E-state index contributed by atoms with van der Waals surface area (Å²) in [6, 6.07) is 12.5. The SMILES string of the molecule is N#Cc1ccc(O)c(Cl)c1.N#Cc1ccc(OCC(=O)O)c(Cl)c1. The standard InChI is InChI=1S/C9H6ClNO3.C7H4ClNO/c10-7-3-6(4-11)1-2-8(7)14-5-9(12)13;8-6-3-5(4-9)1-2-7(6)10/h1-3H,5H2,(H,12,13);1-3,10H. The third-order valence-corrected chi connectivity index (χ3v) is 3.09. The van der Waals surface area contributed by atoms with Crippen LogP contribution in [0.25, 0.3) is 0 Å². The Morgan fingerprint density at radius 2 is 1.58 bits per heavy atom. The summed E-state index contributed by atoms with van der Waals surface area (Å²) in [4.78, 5) is 10.2. The molecule has 0 heterocycles. The largest absolute Gasteiger partial charge is 0.506 e. The number of carbonyl (C=O) groups is 1. The van der Waals surface area contributed by atoms with Crippen molar-refractivity contribution in [3.05, 3.63) is 57.6 Å². The molecule has 0 bridgehead atoms. The Labute approximate surface area is 147 Å². The predicted molar refractivity (Wildman–Crippen MR) is 87.1 cm³/mol. The van der Waals surface area contributed by atoms with Crippen molar-refractivity contribution in [3.63, 3.8) is 0 Å². The van der Waals surface area contributed by atoms with Crippen molar-refractivity contribution < 1.29 is 19.7 Å². The Morgan fingerprint density at radius 1 is 1.04 bits per heavy atom. The molecule has 2 rings (SSSR count). The lowest BCUT2D eigenvalue weighted by Crippen LogP contribution is -2.09. The van der Waals surface area contributed by atoms with Crippen LogP contribution in [0.15, 0.2) is 36.4 Å². The van der Waals surface area contributed by atoms with Gasteiger partial charge in [0.15, 0.2) is 6.61 Å². The molecule has 0 aliphatic rings. The topological polar surface area (TPSA) is 114 Å². The molecule has 0 atom stereocenters. The van der Waals surface area contributed by atoms with E-state index in [0.29, 0.717) is 11.1 Å². The van der Waals surface area contributed by atoms with Crippen molar-refractivity contribution in [2.24, 2.45) is 0 Å². The van der Waals surface area contributed by atoms with E-state index in [1.54, 1.807) is 0 Å². The molecule has 0 amide bonds. The number of aromatic hydroxyl groups is 1. The van der Waals surface area contributed by atoms with Crippen molar-refractivity contribution in [2.75, 3.05) is 6.61 Å². The normalized spacial score (nSPS) is 9.00. The van der Waals surface area contributed by atoms with E-state index in [-0.39, 0.29) is 21.5 Å². The van der Waals surface area contributed by atoms with E-state index in [9.17, 15) is 4.79 Å². The second kappa shape index (κ2) is 9.26. The Bertz CT molecular complexity index is 826. The maximum atomic E-state index is 10.2. The predicted octanol–water partition coefficient (Wildman–Crippen LogP) is 3.59. The highest BCUT2D eigenvalue weighted by atomic mass is 35.5. The van der Waals surface area contributed by atoms with Crippen LogP contribution in [0.2, 0.25) is 10.0 Å². The molecule has 0 aliphatic carbocycles. The van der Waals surface area contributed by atoms with Gasteiger partial charge in [-0.3, -0.25) is 0 Å². The van der Waals surface area contributed by atoms with Crippen LogP contribution >= 0.6 is 23.2 Å². The number of nitrogens with zero attached hydrogens (tertiary/aromatic N) is 2. The quantitative estimate of drug-likeness (QED) is 0.859. The number of rotatable bonds is 3. The first-order chi connectivity index (χ1) is 11.4. The van der Waals surface area contributed by atoms with E-state index >= 15 is 0 Å². The lowest BCUT2D eigenvalue weighted by Gasteiger charge is -2.04. The van der Waals surface area contributed by atoms with Crippen LogP contribution in [-0.2, 0) is 4.79 Å². The molecule has 0 fully saturated rings. The van der Waals surface area contributed by atoms with Gasteiger partial charge in [-0.15, -0.1) is 0 Å². The molecule has 0 radical (unpaired) electrons. The molecule has 2 N–H and O–H groups in total. The van der Waals surface area contributed by atoms with E-state index in [4.69, 9.17) is 48.7 Å². The maximum absolute atomic E-state index is 10.2. The Hall–Kier alpha value is -2.93. The minimum Gasteiger partial charge on any atom is -0.506 e. The monoisotopic (exact) mass is 364 g/mol. The highest BCUT2D eigenvalue weighted by Gasteiger charge is 2.04. The van der Waals surface area contributed by atoms with Crippen molar-refractivity contribution in [1.29, 1.82) is 10.5 Å². The number of hydrogen-bond acceptors (Lipinski definition) is 5. The summed E-state index contributed by atoms with van der Waals surface area (Å²) < 4.78 is 4.86. The summed E-state index contributed by atoms with van der Waals surface area (Å²) in [6.07, 6.45) is 0. The number of phenolic OH excluding ortho intramolecular Hbond substituents is 1. The summed E-state index contributed by atoms with van der Waals surface area (Å²) in [5, 5.41) is 34.6. The first-order valence-corrected chi connectivity index (χ1v) is 7.05. The van der Waals surface area contributed by atoms with Crippen molar-refractivity contribution >= 4 is 29.2 Å². The maximum Gasteiger partial charge on any atom is 0.341 e. The average molecular weight is 365 g/mol. The van der Waals surface area contributed by atoms with Crippen molar-refractivity contribution in [3.8, 4) is 23.6 Å². The van der Waals surface area contributed by atoms with Crippen molar-refractivity contribution in [2.45, 2.75) is 0 Å². The molecular weight excluding hydrogens is 355 g/mol. The van der Waals surface area contributed by atoms with Gasteiger partial charge in [-0.2, -0.15) is 10.5 Å². The summed E-state index contributed by atoms with van der Waals surface area (Å²) in [6.45, 7) is -0.453. The number of benzene rings is 2. The van der Waals surface area contributed by atoms with Gasteiger partial charge in [0, 0.05) is 0 Å². The average Bonchev–Trinajstić information content (AvgIpc) is 2.56. The summed E-state index contributed by atoms with van der Waals surface area (Å²) in [7, 11) is 0. The number of halogens is 2. The van der Waals surface area contributed by atoms with Gasteiger partial charge in [-0.1, -0.05) is 23.2 Å². The van der Waals surface area contributed by atoms with E-state index in [2.05, 4.69) is 0 Å². The van der Waals surface area contributed by atoms with Crippen molar-refractivity contribution in [1.82, 2.24) is 0 Å². The molecule has 0 aliphatic heterocycles. The fourth-order valence-corrected chi connectivity index (χ4v) is 1.82. The number of phenols is 1. The Kier molecular flexibility index (Phi) is 7.38. The molecule has 0 saturated heterocycles. The molecule has 0 aromatic heterocycles. The molecule has 8 heteroatoms. The van der Waals surface area contributed by atoms with Gasteiger partial charge in [0.25, 0.3) is 0 Å². The zero-order valence-corrected chi connectivity index (χ0v) is 13.5. The number of carboxylic acids is 1. The van der Waals surface area contributed by atoms with Crippen LogP contribution in [0.4, 0.5) is 0 Å². The van der Waals surface area contributed by atoms with Crippen LogP contribution in [0, 0.1) is 22.7 Å². The summed E-state index contributed by atoms with van der Waals surface area (Å²) in [5.74, 6) is -0.820. The van der Waals surface area contributed by atoms with E-state index in [0.717, 1.165) is 0 Å². The molecule has 6 nitrogen and oxygen atoms in total. The van der Waals surface area contributed by atoms with Gasteiger partial charge < -0.3 is 14.9 Å². The van der Waals surface area contributed by atoms with Crippen LogP contribution in [0.1, 0.15) is 11.1 Å². The zero-order valence-electron chi connectivity index (χ0n) is 12.0. The number of hydrogen-bond donors (Lipinski definition) is 2. The van der Waals surface area contributed by atoms with Gasteiger partial charge in [0.1, 0.15) is 11.5 Å². The van der Waals surface area contributed by atoms with E-state index in [1.165, 1.54) is 36.4 Å². The minimum atomic E-state index is -1.08. The lowest BCUT2D eigenvalue weighted by atomic mass is 10.2. The fourth-order valence-electron chi connectivity index (χ4n) is 1.40. The van der Waals surface area contributed by atoms with Crippen LogP contribution in [0.5, 0.6) is 11.5 Å². The third-order valence-electron chi connectivity index (χ3n) is 2.49. The first-order valence-electron chi connectivity index (χ1n) is 6.30. The van der Waals surface area contributed by atoms with E-state index < -0.39 is 12.6 Å². The molecular formula is C16H10Cl2N2O4. The molecule has 0 saturated carbocycles. The highest BCUT2D eigenvalue weighted by Crippen LogP contribution is 2.25. The number of ether oxygens (including phenoxy) is 1. The molecule has 2 aromatic carbocycles. The number of nitriles is 2. The summed E-state index contributed by atoms with van der Waals surface area (Å²) in [5.41, 5.74) is 0.848. The molecule has 0 spiro atoms. The Balaban J connectivity index is 0.000000254. The number of aliphatic carboxylic acids is 1.